The van der Waals surface area contributed by atoms with Crippen LogP contribution >= 0.6 is 11.6 Å². The van der Waals surface area contributed by atoms with Crippen molar-refractivity contribution in [3.05, 3.63) is 80.9 Å². The lowest BCUT2D eigenvalue weighted by molar-refractivity contribution is -0.120. The van der Waals surface area contributed by atoms with Crippen LogP contribution in [0.5, 0.6) is 0 Å². The Kier molecular flexibility index (Phi) is 4.12. The first-order valence-electron chi connectivity index (χ1n) is 7.99. The molecule has 2 amide bonds. The van der Waals surface area contributed by atoms with Gasteiger partial charge in [0.05, 0.1) is 28.1 Å². The summed E-state index contributed by atoms with van der Waals surface area (Å²) in [6.07, 6.45) is 2.43. The minimum atomic E-state index is -0.649. The highest BCUT2D eigenvalue weighted by Crippen LogP contribution is 2.30. The zero-order chi connectivity index (χ0) is 19.1. The third-order valence-corrected chi connectivity index (χ3v) is 4.56. The zero-order valence-electron chi connectivity index (χ0n) is 13.7. The molecule has 0 N–H and O–H groups in total. The Balaban J connectivity index is 1.74. The topological polar surface area (TPSA) is 67.6 Å². The maximum absolute atomic E-state index is 13.3. The molecule has 5 nitrogen and oxygen atoms in total. The van der Waals surface area contributed by atoms with E-state index in [0.717, 1.165) is 11.0 Å². The molecule has 0 unspecified atom stereocenters. The van der Waals surface area contributed by atoms with Crippen molar-refractivity contribution in [2.45, 2.75) is 6.42 Å². The van der Waals surface area contributed by atoms with Crippen molar-refractivity contribution >= 4 is 46.1 Å². The minimum Gasteiger partial charge on any atom is -0.463 e. The third-order valence-electron chi connectivity index (χ3n) is 4.27. The second kappa shape index (κ2) is 6.48. The van der Waals surface area contributed by atoms with Crippen LogP contribution in [0, 0.1) is 5.82 Å². The van der Waals surface area contributed by atoms with Gasteiger partial charge in [-0.05, 0) is 36.4 Å². The Labute approximate surface area is 157 Å². The van der Waals surface area contributed by atoms with Gasteiger partial charge in [0.15, 0.2) is 5.43 Å². The van der Waals surface area contributed by atoms with Crippen LogP contribution in [0.2, 0.25) is 5.02 Å². The lowest BCUT2D eigenvalue weighted by Crippen LogP contribution is -2.28. The van der Waals surface area contributed by atoms with E-state index in [1.165, 1.54) is 24.5 Å². The summed E-state index contributed by atoms with van der Waals surface area (Å²) in [5.41, 5.74) is 0.617. The number of anilines is 1. The molecule has 7 heteroatoms. The van der Waals surface area contributed by atoms with Crippen LogP contribution in [0.15, 0.2) is 63.5 Å². The van der Waals surface area contributed by atoms with E-state index in [9.17, 15) is 18.8 Å². The van der Waals surface area contributed by atoms with E-state index in [1.807, 2.05) is 0 Å². The number of nitrogens with zero attached hydrogens (tertiary/aromatic N) is 1. The Bertz CT molecular complexity index is 1200. The second-order valence-electron chi connectivity index (χ2n) is 6.00. The first-order valence-corrected chi connectivity index (χ1v) is 8.37. The molecule has 0 spiro atoms. The lowest BCUT2D eigenvalue weighted by Gasteiger charge is -2.13. The average molecular weight is 384 g/mol. The van der Waals surface area contributed by atoms with Crippen molar-refractivity contribution in [1.29, 1.82) is 0 Å². The number of para-hydroxylation sites is 1. The fourth-order valence-corrected chi connectivity index (χ4v) is 3.13. The number of benzene rings is 2. The lowest BCUT2D eigenvalue weighted by atomic mass is 10.1. The van der Waals surface area contributed by atoms with Gasteiger partial charge in [0.25, 0.3) is 5.91 Å². The fourth-order valence-electron chi connectivity index (χ4n) is 2.95. The molecule has 0 atom stereocenters. The van der Waals surface area contributed by atoms with Gasteiger partial charge in [-0.3, -0.25) is 14.4 Å². The molecule has 0 bridgehead atoms. The normalized spacial score (nSPS) is 15.9. The van der Waals surface area contributed by atoms with Crippen molar-refractivity contribution in [3.8, 4) is 0 Å². The Morgan fingerprint density at radius 3 is 2.67 bits per heavy atom. The molecular weight excluding hydrogens is 373 g/mol. The van der Waals surface area contributed by atoms with Crippen LogP contribution in [0.4, 0.5) is 10.1 Å². The van der Waals surface area contributed by atoms with Gasteiger partial charge in [0.1, 0.15) is 17.7 Å². The van der Waals surface area contributed by atoms with Crippen LogP contribution in [-0.2, 0) is 9.59 Å². The summed E-state index contributed by atoms with van der Waals surface area (Å²) in [4.78, 5) is 38.4. The minimum absolute atomic E-state index is 0.142. The zero-order valence-corrected chi connectivity index (χ0v) is 14.5. The van der Waals surface area contributed by atoms with Gasteiger partial charge in [-0.15, -0.1) is 0 Å². The molecule has 0 radical (unpaired) electrons. The summed E-state index contributed by atoms with van der Waals surface area (Å²) in [7, 11) is 0. The quantitative estimate of drug-likeness (QED) is 0.496. The highest BCUT2D eigenvalue weighted by atomic mass is 35.5. The average Bonchev–Trinajstić information content (AvgIpc) is 2.93. The third kappa shape index (κ3) is 2.94. The molecule has 2 heterocycles. The van der Waals surface area contributed by atoms with Gasteiger partial charge >= 0.3 is 0 Å². The van der Waals surface area contributed by atoms with E-state index < -0.39 is 17.6 Å². The molecule has 134 valence electrons. The molecule has 1 aliphatic rings. The molecule has 1 aromatic heterocycles. The number of amides is 2. The van der Waals surface area contributed by atoms with Gasteiger partial charge in [-0.25, -0.2) is 9.29 Å². The van der Waals surface area contributed by atoms with Crippen LogP contribution in [0.3, 0.4) is 0 Å². The van der Waals surface area contributed by atoms with Crippen molar-refractivity contribution < 1.29 is 18.4 Å². The number of fused-ring (bicyclic) bond motifs is 1. The second-order valence-corrected chi connectivity index (χ2v) is 6.40. The van der Waals surface area contributed by atoms with Crippen LogP contribution in [0.25, 0.3) is 17.0 Å². The fraction of sp³-hybridized carbons (Fsp3) is 0.0500. The Morgan fingerprint density at radius 1 is 1.11 bits per heavy atom. The molecule has 4 rings (SSSR count). The maximum Gasteiger partial charge on any atom is 0.261 e. The number of carbonyl (C=O) groups excluding carboxylic acids is 2. The van der Waals surface area contributed by atoms with Gasteiger partial charge in [-0.2, -0.15) is 0 Å². The van der Waals surface area contributed by atoms with E-state index in [2.05, 4.69) is 0 Å². The van der Waals surface area contributed by atoms with E-state index in [1.54, 1.807) is 24.3 Å². The summed E-state index contributed by atoms with van der Waals surface area (Å²) in [6, 6.07) is 10.3. The SMILES string of the molecule is O=C1C/C(=C/c2coc3ccccc3c2=O)C(=O)N1c1ccc(F)c(Cl)c1. The smallest absolute Gasteiger partial charge is 0.261 e. The van der Waals surface area contributed by atoms with E-state index in [-0.39, 0.29) is 33.7 Å². The number of hydrogen-bond donors (Lipinski definition) is 0. The molecular formula is C20H11ClFNO4. The maximum atomic E-state index is 13.3. The predicted molar refractivity (Wildman–Crippen MR) is 99.0 cm³/mol. The molecule has 27 heavy (non-hydrogen) atoms. The summed E-state index contributed by atoms with van der Waals surface area (Å²) in [6.45, 7) is 0. The molecule has 1 aliphatic heterocycles. The number of hydrogen-bond acceptors (Lipinski definition) is 4. The van der Waals surface area contributed by atoms with Crippen LogP contribution in [-0.4, -0.2) is 11.8 Å². The monoisotopic (exact) mass is 383 g/mol. The van der Waals surface area contributed by atoms with Crippen LogP contribution < -0.4 is 10.3 Å². The Hall–Kier alpha value is -3.25. The first kappa shape index (κ1) is 17.2. The predicted octanol–water partition coefficient (Wildman–Crippen LogP) is 3.93. The summed E-state index contributed by atoms with van der Waals surface area (Å²) >= 11 is 5.74. The number of imide groups is 1. The highest BCUT2D eigenvalue weighted by Gasteiger charge is 2.35. The molecule has 1 saturated heterocycles. The van der Waals surface area contributed by atoms with Gasteiger partial charge in [-0.1, -0.05) is 23.7 Å². The number of carbonyl (C=O) groups is 2. The summed E-state index contributed by atoms with van der Waals surface area (Å²) in [5.74, 6) is -1.72. The molecule has 0 aliphatic carbocycles. The number of halogens is 2. The molecule has 3 aromatic rings. The summed E-state index contributed by atoms with van der Waals surface area (Å²) in [5, 5.41) is 0.187. The standard InChI is InChI=1S/C20H11ClFNO4/c21-15-9-13(5-6-16(15)22)23-18(24)8-11(20(23)26)7-12-10-27-17-4-2-1-3-14(17)19(12)25/h1-7,9-10H,8H2/b11-7-. The van der Waals surface area contributed by atoms with E-state index in [4.69, 9.17) is 16.0 Å². The van der Waals surface area contributed by atoms with E-state index in [0.29, 0.717) is 11.0 Å². The molecule has 1 fully saturated rings. The van der Waals surface area contributed by atoms with Crippen molar-refractivity contribution in [1.82, 2.24) is 0 Å². The van der Waals surface area contributed by atoms with E-state index >= 15 is 0 Å². The molecule has 0 saturated carbocycles. The molecule has 2 aromatic carbocycles. The van der Waals surface area contributed by atoms with Crippen LogP contribution in [0.1, 0.15) is 12.0 Å². The largest absolute Gasteiger partial charge is 0.463 e. The van der Waals surface area contributed by atoms with Gasteiger partial charge in [0, 0.05) is 5.57 Å². The summed E-state index contributed by atoms with van der Waals surface area (Å²) < 4.78 is 18.8. The van der Waals surface area contributed by atoms with Gasteiger partial charge < -0.3 is 4.42 Å². The highest BCUT2D eigenvalue weighted by molar-refractivity contribution is 6.32. The van der Waals surface area contributed by atoms with Crippen molar-refractivity contribution in [3.63, 3.8) is 0 Å². The first-order chi connectivity index (χ1) is 13.0. The van der Waals surface area contributed by atoms with Crippen molar-refractivity contribution in [2.24, 2.45) is 0 Å². The van der Waals surface area contributed by atoms with Crippen molar-refractivity contribution in [2.75, 3.05) is 4.90 Å². The van der Waals surface area contributed by atoms with Gasteiger partial charge in [0.2, 0.25) is 5.91 Å². The Morgan fingerprint density at radius 2 is 1.89 bits per heavy atom. The number of rotatable bonds is 2.